The first-order chi connectivity index (χ1) is 15.2. The number of amides is 1. The molecular weight excluding hydrogens is 392 g/mol. The van der Waals surface area contributed by atoms with Crippen LogP contribution in [0.5, 0.6) is 17.2 Å². The topological polar surface area (TPSA) is 68.8 Å². The summed E-state index contributed by atoms with van der Waals surface area (Å²) >= 11 is 0. The number of para-hydroxylation sites is 1. The zero-order chi connectivity index (χ0) is 21.7. The van der Waals surface area contributed by atoms with Crippen LogP contribution in [0.2, 0.25) is 0 Å². The van der Waals surface area contributed by atoms with E-state index in [4.69, 9.17) is 14.2 Å². The Balaban J connectivity index is 1.35. The molecule has 0 aliphatic heterocycles. The number of anilines is 2. The number of ether oxygens (including phenoxy) is 3. The van der Waals surface area contributed by atoms with E-state index >= 15 is 0 Å². The third-order valence-electron chi connectivity index (χ3n) is 4.18. The highest BCUT2D eigenvalue weighted by molar-refractivity contribution is 5.93. The summed E-state index contributed by atoms with van der Waals surface area (Å²) in [6.45, 7) is 5.11. The molecule has 3 rings (SSSR count). The normalized spacial score (nSPS) is 10.1. The SMILES string of the molecule is C=CCOc1ccc(NCC(=O)Nc2ccc(OCCOc3ccccc3)cc2)cc1. The molecule has 0 atom stereocenters. The number of rotatable bonds is 12. The second-order valence-corrected chi connectivity index (χ2v) is 6.56. The Morgan fingerprint density at radius 1 is 0.742 bits per heavy atom. The van der Waals surface area contributed by atoms with Crippen LogP contribution in [0.3, 0.4) is 0 Å². The second kappa shape index (κ2) is 11.9. The first-order valence-electron chi connectivity index (χ1n) is 10.0. The average Bonchev–Trinajstić information content (AvgIpc) is 2.81. The van der Waals surface area contributed by atoms with Crippen molar-refractivity contribution in [3.05, 3.63) is 91.5 Å². The molecular formula is C25H26N2O4. The molecule has 0 unspecified atom stereocenters. The van der Waals surface area contributed by atoms with E-state index in [0.29, 0.717) is 31.3 Å². The van der Waals surface area contributed by atoms with E-state index in [1.54, 1.807) is 18.2 Å². The fourth-order valence-electron chi connectivity index (χ4n) is 2.68. The smallest absolute Gasteiger partial charge is 0.243 e. The van der Waals surface area contributed by atoms with Gasteiger partial charge in [0.25, 0.3) is 0 Å². The Hall–Kier alpha value is -3.93. The molecule has 1 amide bonds. The van der Waals surface area contributed by atoms with Crippen molar-refractivity contribution in [3.8, 4) is 17.2 Å². The van der Waals surface area contributed by atoms with Gasteiger partial charge in [0.05, 0.1) is 6.54 Å². The number of hydrogen-bond donors (Lipinski definition) is 2. The van der Waals surface area contributed by atoms with Crippen LogP contribution >= 0.6 is 0 Å². The maximum absolute atomic E-state index is 12.2. The van der Waals surface area contributed by atoms with Gasteiger partial charge in [0.15, 0.2) is 0 Å². The Bertz CT molecular complexity index is 942. The molecule has 0 heterocycles. The van der Waals surface area contributed by atoms with Crippen molar-refractivity contribution in [2.45, 2.75) is 0 Å². The highest BCUT2D eigenvalue weighted by Gasteiger charge is 2.04. The van der Waals surface area contributed by atoms with Gasteiger partial charge < -0.3 is 24.8 Å². The van der Waals surface area contributed by atoms with E-state index < -0.39 is 0 Å². The molecule has 3 aromatic carbocycles. The zero-order valence-corrected chi connectivity index (χ0v) is 17.3. The fraction of sp³-hybridized carbons (Fsp3) is 0.160. The molecule has 6 nitrogen and oxygen atoms in total. The van der Waals surface area contributed by atoms with Crippen LogP contribution in [-0.4, -0.2) is 32.3 Å². The van der Waals surface area contributed by atoms with Crippen LogP contribution < -0.4 is 24.8 Å². The molecule has 0 radical (unpaired) electrons. The molecule has 0 fully saturated rings. The van der Waals surface area contributed by atoms with E-state index in [-0.39, 0.29) is 12.5 Å². The number of carbonyl (C=O) groups excluding carboxylic acids is 1. The van der Waals surface area contributed by atoms with Crippen LogP contribution in [0.25, 0.3) is 0 Å². The van der Waals surface area contributed by atoms with Gasteiger partial charge in [-0.3, -0.25) is 4.79 Å². The minimum Gasteiger partial charge on any atom is -0.490 e. The zero-order valence-electron chi connectivity index (χ0n) is 17.3. The second-order valence-electron chi connectivity index (χ2n) is 6.56. The largest absolute Gasteiger partial charge is 0.490 e. The monoisotopic (exact) mass is 418 g/mol. The van der Waals surface area contributed by atoms with Crippen molar-refractivity contribution in [3.63, 3.8) is 0 Å². The van der Waals surface area contributed by atoms with Gasteiger partial charge >= 0.3 is 0 Å². The molecule has 0 bridgehead atoms. The van der Waals surface area contributed by atoms with Crippen LogP contribution in [-0.2, 0) is 4.79 Å². The molecule has 31 heavy (non-hydrogen) atoms. The lowest BCUT2D eigenvalue weighted by Gasteiger charge is -2.10. The maximum Gasteiger partial charge on any atom is 0.243 e. The van der Waals surface area contributed by atoms with E-state index in [1.165, 1.54) is 0 Å². The summed E-state index contributed by atoms with van der Waals surface area (Å²) < 4.78 is 16.7. The molecule has 0 aliphatic rings. The molecule has 3 aromatic rings. The molecule has 2 N–H and O–H groups in total. The first-order valence-corrected chi connectivity index (χ1v) is 10.0. The molecule has 0 aromatic heterocycles. The van der Waals surface area contributed by atoms with Crippen LogP contribution in [0, 0.1) is 0 Å². The minimum atomic E-state index is -0.142. The van der Waals surface area contributed by atoms with Gasteiger partial charge in [-0.2, -0.15) is 0 Å². The number of hydrogen-bond acceptors (Lipinski definition) is 5. The van der Waals surface area contributed by atoms with Gasteiger partial charge in [0.2, 0.25) is 5.91 Å². The van der Waals surface area contributed by atoms with Gasteiger partial charge in [0, 0.05) is 11.4 Å². The average molecular weight is 418 g/mol. The Kier molecular flexibility index (Phi) is 8.37. The van der Waals surface area contributed by atoms with Crippen molar-refractivity contribution in [1.29, 1.82) is 0 Å². The van der Waals surface area contributed by atoms with Crippen LogP contribution in [0.15, 0.2) is 91.5 Å². The maximum atomic E-state index is 12.2. The summed E-state index contributed by atoms with van der Waals surface area (Å²) in [5, 5.41) is 5.93. The summed E-state index contributed by atoms with van der Waals surface area (Å²) in [4.78, 5) is 12.2. The highest BCUT2D eigenvalue weighted by atomic mass is 16.5. The number of nitrogens with one attached hydrogen (secondary N) is 2. The molecule has 0 saturated carbocycles. The Morgan fingerprint density at radius 2 is 1.29 bits per heavy atom. The van der Waals surface area contributed by atoms with Gasteiger partial charge in [0.1, 0.15) is 37.1 Å². The van der Waals surface area contributed by atoms with E-state index in [9.17, 15) is 4.79 Å². The molecule has 6 heteroatoms. The van der Waals surface area contributed by atoms with Gasteiger partial charge in [-0.15, -0.1) is 0 Å². The predicted molar refractivity (Wildman–Crippen MR) is 123 cm³/mol. The van der Waals surface area contributed by atoms with E-state index in [1.807, 2.05) is 66.7 Å². The van der Waals surface area contributed by atoms with Gasteiger partial charge in [-0.05, 0) is 60.7 Å². The molecule has 0 aliphatic carbocycles. The molecule has 0 saturated heterocycles. The van der Waals surface area contributed by atoms with Crippen LogP contribution in [0.1, 0.15) is 0 Å². The Labute approximate surface area is 182 Å². The van der Waals surface area contributed by atoms with Crippen molar-refractivity contribution in [2.75, 3.05) is 37.0 Å². The predicted octanol–water partition coefficient (Wildman–Crippen LogP) is 4.76. The number of carbonyl (C=O) groups is 1. The van der Waals surface area contributed by atoms with Crippen molar-refractivity contribution < 1.29 is 19.0 Å². The highest BCUT2D eigenvalue weighted by Crippen LogP contribution is 2.17. The molecule has 160 valence electrons. The van der Waals surface area contributed by atoms with Gasteiger partial charge in [-0.25, -0.2) is 0 Å². The third kappa shape index (κ3) is 7.78. The summed E-state index contributed by atoms with van der Waals surface area (Å²) in [5.41, 5.74) is 1.54. The van der Waals surface area contributed by atoms with Crippen molar-refractivity contribution in [2.24, 2.45) is 0 Å². The summed E-state index contributed by atoms with van der Waals surface area (Å²) in [6.07, 6.45) is 1.69. The lowest BCUT2D eigenvalue weighted by atomic mass is 10.3. The first kappa shape index (κ1) is 21.8. The summed E-state index contributed by atoms with van der Waals surface area (Å²) in [7, 11) is 0. The summed E-state index contributed by atoms with van der Waals surface area (Å²) in [6, 6.07) is 24.2. The van der Waals surface area contributed by atoms with Crippen molar-refractivity contribution in [1.82, 2.24) is 0 Å². The third-order valence-corrected chi connectivity index (χ3v) is 4.18. The fourth-order valence-corrected chi connectivity index (χ4v) is 2.68. The van der Waals surface area contributed by atoms with E-state index in [0.717, 1.165) is 17.2 Å². The van der Waals surface area contributed by atoms with Crippen LogP contribution in [0.4, 0.5) is 11.4 Å². The lowest BCUT2D eigenvalue weighted by molar-refractivity contribution is -0.114. The standard InChI is InChI=1S/C25H26N2O4/c1-2-16-29-23-12-8-20(9-13-23)26-19-25(28)27-21-10-14-24(15-11-21)31-18-17-30-22-6-4-3-5-7-22/h2-15,26H,1,16-19H2,(H,27,28). The Morgan fingerprint density at radius 3 is 1.90 bits per heavy atom. The van der Waals surface area contributed by atoms with Gasteiger partial charge in [-0.1, -0.05) is 30.9 Å². The lowest BCUT2D eigenvalue weighted by Crippen LogP contribution is -2.21. The number of benzene rings is 3. The van der Waals surface area contributed by atoms with E-state index in [2.05, 4.69) is 17.2 Å². The van der Waals surface area contributed by atoms with Crippen molar-refractivity contribution >= 4 is 17.3 Å². The molecule has 0 spiro atoms. The summed E-state index contributed by atoms with van der Waals surface area (Å²) in [5.74, 6) is 2.14. The quantitative estimate of drug-likeness (QED) is 0.328. The minimum absolute atomic E-state index is 0.142.